The fourth-order valence-electron chi connectivity index (χ4n) is 2.18. The van der Waals surface area contributed by atoms with Gasteiger partial charge >= 0.3 is 0 Å². The van der Waals surface area contributed by atoms with Gasteiger partial charge in [-0.05, 0) is 49.4 Å². The van der Waals surface area contributed by atoms with Crippen molar-refractivity contribution in [1.29, 1.82) is 0 Å². The predicted octanol–water partition coefficient (Wildman–Crippen LogP) is 4.53. The zero-order valence-electron chi connectivity index (χ0n) is 12.3. The third-order valence-corrected chi connectivity index (χ3v) is 3.84. The molecule has 0 saturated carbocycles. The van der Waals surface area contributed by atoms with Crippen molar-refractivity contribution in [3.8, 4) is 5.69 Å². The molecule has 0 aliphatic heterocycles. The van der Waals surface area contributed by atoms with Crippen LogP contribution in [0.2, 0.25) is 10.0 Å². The van der Waals surface area contributed by atoms with Crippen LogP contribution < -0.4 is 5.56 Å². The van der Waals surface area contributed by atoms with Crippen molar-refractivity contribution in [1.82, 2.24) is 9.78 Å². The van der Waals surface area contributed by atoms with Crippen molar-refractivity contribution in [2.45, 2.75) is 6.92 Å². The first-order valence-electron chi connectivity index (χ1n) is 6.92. The molecule has 0 radical (unpaired) electrons. The van der Waals surface area contributed by atoms with Crippen molar-refractivity contribution in [3.63, 3.8) is 0 Å². The second kappa shape index (κ2) is 6.44. The first-order valence-corrected chi connectivity index (χ1v) is 7.67. The molecule has 1 heterocycles. The van der Waals surface area contributed by atoms with Gasteiger partial charge < -0.3 is 0 Å². The Morgan fingerprint density at radius 1 is 1.09 bits per heavy atom. The minimum absolute atomic E-state index is 0.171. The molecule has 3 rings (SSSR count). The molecule has 0 unspecified atom stereocenters. The van der Waals surface area contributed by atoms with Crippen LogP contribution in [0.15, 0.2) is 58.3 Å². The van der Waals surface area contributed by atoms with Gasteiger partial charge in [0.05, 0.1) is 16.9 Å². The molecule has 0 fully saturated rings. The minimum Gasteiger partial charge on any atom is -0.295 e. The molecule has 0 atom stereocenters. The average molecular weight is 346 g/mol. The summed E-state index contributed by atoms with van der Waals surface area (Å²) in [7, 11) is 0. The van der Waals surface area contributed by atoms with Gasteiger partial charge in [0.1, 0.15) is 0 Å². The largest absolute Gasteiger partial charge is 0.295 e. The van der Waals surface area contributed by atoms with Crippen molar-refractivity contribution < 1.29 is 0 Å². The van der Waals surface area contributed by atoms with Crippen molar-refractivity contribution >= 4 is 35.1 Å². The summed E-state index contributed by atoms with van der Waals surface area (Å²) < 4.78 is 1.46. The molecule has 0 spiro atoms. The van der Waals surface area contributed by atoms with Crippen molar-refractivity contribution in [2.75, 3.05) is 0 Å². The van der Waals surface area contributed by atoms with E-state index in [0.29, 0.717) is 27.0 Å². The second-order valence-corrected chi connectivity index (χ2v) is 5.88. The first-order chi connectivity index (χ1) is 11.0. The van der Waals surface area contributed by atoms with Crippen LogP contribution >= 0.6 is 23.2 Å². The minimum atomic E-state index is -0.171. The van der Waals surface area contributed by atoms with Crippen LogP contribution in [0.5, 0.6) is 0 Å². The summed E-state index contributed by atoms with van der Waals surface area (Å²) in [5.41, 5.74) is 2.46. The number of aryl methyl sites for hydroxylation is 1. The fraction of sp³-hybridized carbons (Fsp3) is 0.0588. The standard InChI is InChI=1S/C17H13Cl2N3O/c1-11-16(10-20-14-4-2-3-13(19)9-14)17(23)22(21-11)15-7-5-12(18)6-8-15/h2-10,21H,1H3. The van der Waals surface area contributed by atoms with E-state index in [1.54, 1.807) is 42.6 Å². The Labute approximate surface area is 143 Å². The van der Waals surface area contributed by atoms with E-state index >= 15 is 0 Å². The monoisotopic (exact) mass is 345 g/mol. The maximum atomic E-state index is 12.5. The first kappa shape index (κ1) is 15.6. The summed E-state index contributed by atoms with van der Waals surface area (Å²) in [6, 6.07) is 14.2. The van der Waals surface area contributed by atoms with E-state index in [4.69, 9.17) is 23.2 Å². The van der Waals surface area contributed by atoms with Gasteiger partial charge in [-0.1, -0.05) is 29.3 Å². The number of hydrogen-bond donors (Lipinski definition) is 1. The van der Waals surface area contributed by atoms with Gasteiger partial charge in [-0.15, -0.1) is 0 Å². The highest BCUT2D eigenvalue weighted by Gasteiger charge is 2.10. The summed E-state index contributed by atoms with van der Waals surface area (Å²) in [4.78, 5) is 16.9. The summed E-state index contributed by atoms with van der Waals surface area (Å²) in [6.45, 7) is 1.83. The molecule has 0 amide bonds. The van der Waals surface area contributed by atoms with Crippen molar-refractivity contribution in [2.24, 2.45) is 4.99 Å². The molecular formula is C17H13Cl2N3O. The molecule has 116 valence electrons. The summed E-state index contributed by atoms with van der Waals surface area (Å²) in [5, 5.41) is 4.26. The number of aliphatic imine (C=N–C) groups is 1. The number of hydrogen-bond acceptors (Lipinski definition) is 2. The lowest BCUT2D eigenvalue weighted by atomic mass is 10.2. The van der Waals surface area contributed by atoms with Gasteiger partial charge in [0.2, 0.25) is 0 Å². The van der Waals surface area contributed by atoms with Gasteiger partial charge in [0.15, 0.2) is 0 Å². The SMILES string of the molecule is Cc1[nH]n(-c2ccc(Cl)cc2)c(=O)c1C=Nc1cccc(Cl)c1. The number of aromatic nitrogens is 2. The Morgan fingerprint density at radius 2 is 1.83 bits per heavy atom. The Morgan fingerprint density at radius 3 is 2.52 bits per heavy atom. The smallest absolute Gasteiger partial charge is 0.280 e. The lowest BCUT2D eigenvalue weighted by molar-refractivity contribution is 0.835. The maximum Gasteiger partial charge on any atom is 0.280 e. The van der Waals surface area contributed by atoms with Crippen LogP contribution in [-0.4, -0.2) is 16.0 Å². The summed E-state index contributed by atoms with van der Waals surface area (Å²) in [6.07, 6.45) is 1.55. The maximum absolute atomic E-state index is 12.5. The Hall–Kier alpha value is -2.30. The zero-order valence-corrected chi connectivity index (χ0v) is 13.8. The molecule has 0 saturated heterocycles. The molecular weight excluding hydrogens is 333 g/mol. The fourth-order valence-corrected chi connectivity index (χ4v) is 2.49. The number of nitrogens with one attached hydrogen (secondary N) is 1. The van der Waals surface area contributed by atoms with Gasteiger partial charge in [-0.25, -0.2) is 4.68 Å². The highest BCUT2D eigenvalue weighted by Crippen LogP contribution is 2.18. The van der Waals surface area contributed by atoms with Crippen molar-refractivity contribution in [3.05, 3.63) is 80.2 Å². The molecule has 6 heteroatoms. The van der Waals surface area contributed by atoms with Crippen LogP contribution in [0.3, 0.4) is 0 Å². The Kier molecular flexibility index (Phi) is 4.37. The normalized spacial score (nSPS) is 11.3. The zero-order chi connectivity index (χ0) is 16.4. The molecule has 0 aliphatic carbocycles. The van der Waals surface area contributed by atoms with Crippen LogP contribution in [0, 0.1) is 6.92 Å². The van der Waals surface area contributed by atoms with Gasteiger partial charge in [-0.2, -0.15) is 0 Å². The highest BCUT2D eigenvalue weighted by atomic mass is 35.5. The lowest BCUT2D eigenvalue weighted by Gasteiger charge is -2.00. The van der Waals surface area contributed by atoms with E-state index in [1.165, 1.54) is 4.68 Å². The molecule has 2 aromatic carbocycles. The Bertz CT molecular complexity index is 924. The number of aromatic amines is 1. The Balaban J connectivity index is 1.98. The molecule has 4 nitrogen and oxygen atoms in total. The third-order valence-electron chi connectivity index (χ3n) is 3.35. The molecule has 1 aromatic heterocycles. The summed E-state index contributed by atoms with van der Waals surface area (Å²) in [5.74, 6) is 0. The predicted molar refractivity (Wildman–Crippen MR) is 94.8 cm³/mol. The van der Waals surface area contributed by atoms with E-state index in [1.807, 2.05) is 19.1 Å². The van der Waals surface area contributed by atoms with E-state index in [-0.39, 0.29) is 5.56 Å². The number of rotatable bonds is 3. The second-order valence-electron chi connectivity index (χ2n) is 5.01. The molecule has 1 N–H and O–H groups in total. The number of benzene rings is 2. The van der Waals surface area contributed by atoms with Gasteiger partial charge in [-0.3, -0.25) is 14.9 Å². The van der Waals surface area contributed by atoms with E-state index in [9.17, 15) is 4.79 Å². The lowest BCUT2D eigenvalue weighted by Crippen LogP contribution is -2.17. The van der Waals surface area contributed by atoms with Gasteiger partial charge in [0, 0.05) is 22.0 Å². The van der Waals surface area contributed by atoms with E-state index in [0.717, 1.165) is 5.69 Å². The number of halogens is 2. The van der Waals surface area contributed by atoms with Crippen LogP contribution in [0.1, 0.15) is 11.3 Å². The van der Waals surface area contributed by atoms with Crippen LogP contribution in [-0.2, 0) is 0 Å². The quantitative estimate of drug-likeness (QED) is 0.696. The molecule has 23 heavy (non-hydrogen) atoms. The van der Waals surface area contributed by atoms with Crippen LogP contribution in [0.4, 0.5) is 5.69 Å². The number of H-pyrrole nitrogens is 1. The van der Waals surface area contributed by atoms with E-state index < -0.39 is 0 Å². The molecule has 0 bridgehead atoms. The van der Waals surface area contributed by atoms with Crippen LogP contribution in [0.25, 0.3) is 5.69 Å². The van der Waals surface area contributed by atoms with E-state index in [2.05, 4.69) is 10.1 Å². The molecule has 0 aliphatic rings. The average Bonchev–Trinajstić information content (AvgIpc) is 2.81. The number of nitrogens with zero attached hydrogens (tertiary/aromatic N) is 2. The summed E-state index contributed by atoms with van der Waals surface area (Å²) >= 11 is 11.8. The topological polar surface area (TPSA) is 50.1 Å². The third kappa shape index (κ3) is 3.38. The molecule has 3 aromatic rings. The highest BCUT2D eigenvalue weighted by molar-refractivity contribution is 6.31. The van der Waals surface area contributed by atoms with Gasteiger partial charge in [0.25, 0.3) is 5.56 Å².